The van der Waals surface area contributed by atoms with Gasteiger partial charge in [-0.3, -0.25) is 24.3 Å². The smallest absolute Gasteiger partial charge is 0.310 e. The molecule has 0 aliphatic carbocycles. The highest BCUT2D eigenvalue weighted by molar-refractivity contribution is 6.51. The molecule has 0 spiro atoms. The first-order chi connectivity index (χ1) is 17.3. The van der Waals surface area contributed by atoms with E-state index in [0.717, 1.165) is 17.5 Å². The van der Waals surface area contributed by atoms with E-state index in [9.17, 15) is 19.5 Å². The fraction of sp³-hybridized carbons (Fsp3) is 0.241. The summed E-state index contributed by atoms with van der Waals surface area (Å²) in [5.41, 5.74) is 3.32. The van der Waals surface area contributed by atoms with Crippen LogP contribution in [0.5, 0.6) is 0 Å². The van der Waals surface area contributed by atoms with Crippen molar-refractivity contribution in [2.24, 2.45) is 0 Å². The number of hydrogen-bond donors (Lipinski definition) is 1. The van der Waals surface area contributed by atoms with Crippen LogP contribution in [0.4, 0.5) is 5.69 Å². The Morgan fingerprint density at radius 1 is 1.03 bits per heavy atom. The van der Waals surface area contributed by atoms with Crippen LogP contribution in [0.2, 0.25) is 0 Å². The van der Waals surface area contributed by atoms with Gasteiger partial charge in [-0.05, 0) is 55.2 Å². The minimum Gasteiger partial charge on any atom is -0.507 e. The van der Waals surface area contributed by atoms with Crippen LogP contribution in [0.25, 0.3) is 5.76 Å². The average Bonchev–Trinajstić information content (AvgIpc) is 3.14. The van der Waals surface area contributed by atoms with Crippen molar-refractivity contribution in [2.45, 2.75) is 45.8 Å². The predicted molar refractivity (Wildman–Crippen MR) is 136 cm³/mol. The molecule has 3 aromatic rings. The fourth-order valence-electron chi connectivity index (χ4n) is 4.25. The molecule has 1 aliphatic rings. The monoisotopic (exact) mass is 484 g/mol. The molecular formula is C29H28N2O5. The van der Waals surface area contributed by atoms with Gasteiger partial charge in [0.1, 0.15) is 5.76 Å². The van der Waals surface area contributed by atoms with Gasteiger partial charge in [0.15, 0.2) is 0 Å². The molecule has 0 saturated carbocycles. The Morgan fingerprint density at radius 3 is 2.28 bits per heavy atom. The average molecular weight is 485 g/mol. The summed E-state index contributed by atoms with van der Waals surface area (Å²) < 4.78 is 5.20. The van der Waals surface area contributed by atoms with Gasteiger partial charge in [-0.25, -0.2) is 0 Å². The highest BCUT2D eigenvalue weighted by Gasteiger charge is 2.47. The molecule has 2 heterocycles. The van der Waals surface area contributed by atoms with Crippen LogP contribution >= 0.6 is 0 Å². The number of esters is 1. The van der Waals surface area contributed by atoms with Crippen LogP contribution < -0.4 is 4.90 Å². The number of ketones is 1. The lowest BCUT2D eigenvalue weighted by atomic mass is 9.95. The minimum atomic E-state index is -0.860. The van der Waals surface area contributed by atoms with Crippen LogP contribution in [-0.4, -0.2) is 33.9 Å². The van der Waals surface area contributed by atoms with Gasteiger partial charge in [-0.15, -0.1) is 0 Å². The number of aliphatic hydroxyl groups excluding tert-OH is 1. The number of anilines is 1. The van der Waals surface area contributed by atoms with Gasteiger partial charge < -0.3 is 9.84 Å². The molecule has 1 amide bonds. The van der Waals surface area contributed by atoms with Crippen LogP contribution in [0, 0.1) is 0 Å². The van der Waals surface area contributed by atoms with Gasteiger partial charge >= 0.3 is 5.97 Å². The van der Waals surface area contributed by atoms with E-state index in [0.29, 0.717) is 16.8 Å². The fourth-order valence-corrected chi connectivity index (χ4v) is 4.25. The number of carbonyl (C=O) groups is 3. The number of hydrogen-bond acceptors (Lipinski definition) is 6. The Labute approximate surface area is 210 Å². The molecule has 1 aliphatic heterocycles. The molecule has 36 heavy (non-hydrogen) atoms. The molecule has 1 atom stereocenters. The molecule has 7 nitrogen and oxygen atoms in total. The molecule has 1 saturated heterocycles. The molecule has 0 radical (unpaired) electrons. The summed E-state index contributed by atoms with van der Waals surface area (Å²) in [4.78, 5) is 44.0. The minimum absolute atomic E-state index is 0.00170. The Bertz CT molecular complexity index is 1300. The van der Waals surface area contributed by atoms with Gasteiger partial charge in [0, 0.05) is 23.6 Å². The lowest BCUT2D eigenvalue weighted by Gasteiger charge is -2.25. The third-order valence-corrected chi connectivity index (χ3v) is 6.01. The van der Waals surface area contributed by atoms with Crippen molar-refractivity contribution in [2.75, 3.05) is 4.90 Å². The Kier molecular flexibility index (Phi) is 7.29. The van der Waals surface area contributed by atoms with Crippen LogP contribution in [0.15, 0.2) is 78.6 Å². The molecule has 1 N–H and O–H groups in total. The molecule has 1 aromatic heterocycles. The topological polar surface area (TPSA) is 96.8 Å². The number of ether oxygens (including phenoxy) is 1. The van der Waals surface area contributed by atoms with Crippen molar-refractivity contribution in [1.29, 1.82) is 0 Å². The second-order valence-corrected chi connectivity index (χ2v) is 8.89. The van der Waals surface area contributed by atoms with Crippen molar-refractivity contribution in [3.8, 4) is 0 Å². The summed E-state index contributed by atoms with van der Waals surface area (Å²) in [6, 6.07) is 16.7. The number of amides is 1. The summed E-state index contributed by atoms with van der Waals surface area (Å²) in [5, 5.41) is 11.2. The molecule has 0 bridgehead atoms. The summed E-state index contributed by atoms with van der Waals surface area (Å²) in [6.45, 7) is 5.60. The second-order valence-electron chi connectivity index (χ2n) is 8.89. The summed E-state index contributed by atoms with van der Waals surface area (Å²) in [5.74, 6) is -2.10. The Hall–Kier alpha value is -4.26. The second kappa shape index (κ2) is 10.6. The van der Waals surface area contributed by atoms with E-state index < -0.39 is 17.7 Å². The maximum absolute atomic E-state index is 13.3. The molecular weight excluding hydrogens is 456 g/mol. The number of pyridine rings is 1. The lowest BCUT2D eigenvalue weighted by molar-refractivity contribution is -0.146. The third-order valence-electron chi connectivity index (χ3n) is 6.01. The number of Topliss-reactive ketones (excluding diaryl/α,β-unsaturated/α-hetero) is 1. The number of aliphatic hydroxyl groups is 1. The summed E-state index contributed by atoms with van der Waals surface area (Å²) >= 11 is 0. The Balaban J connectivity index is 1.75. The van der Waals surface area contributed by atoms with E-state index in [2.05, 4.69) is 4.98 Å². The predicted octanol–water partition coefficient (Wildman–Crippen LogP) is 4.76. The first kappa shape index (κ1) is 24.9. The molecule has 1 fully saturated rings. The summed E-state index contributed by atoms with van der Waals surface area (Å²) in [6.07, 6.45) is 3.90. The van der Waals surface area contributed by atoms with E-state index in [4.69, 9.17) is 4.74 Å². The van der Waals surface area contributed by atoms with Gasteiger partial charge in [0.2, 0.25) is 0 Å². The van der Waals surface area contributed by atoms with Crippen LogP contribution in [-0.2, 0) is 32.0 Å². The first-order valence-electron chi connectivity index (χ1n) is 11.9. The van der Waals surface area contributed by atoms with Crippen molar-refractivity contribution < 1.29 is 24.2 Å². The highest BCUT2D eigenvalue weighted by atomic mass is 16.5. The molecule has 1 unspecified atom stereocenters. The number of aryl methyl sites for hydroxylation is 1. The number of benzene rings is 2. The van der Waals surface area contributed by atoms with Crippen molar-refractivity contribution in [1.82, 2.24) is 4.98 Å². The number of carbonyl (C=O) groups excluding carboxylic acids is 3. The van der Waals surface area contributed by atoms with Gasteiger partial charge in [-0.2, -0.15) is 0 Å². The molecule has 4 rings (SSSR count). The SMILES string of the molecule is CCc1ccc(/C(O)=C2/C(=O)C(=O)N(c3ccc(CC(=O)OC(C)C)cc3)C2c2cccnc2)cc1. The normalized spacial score (nSPS) is 17.0. The maximum Gasteiger partial charge on any atom is 0.310 e. The quantitative estimate of drug-likeness (QED) is 0.225. The van der Waals surface area contributed by atoms with Gasteiger partial charge in [0.05, 0.1) is 24.1 Å². The lowest BCUT2D eigenvalue weighted by Crippen LogP contribution is -2.29. The van der Waals surface area contributed by atoms with E-state index >= 15 is 0 Å². The van der Waals surface area contributed by atoms with Crippen LogP contribution in [0.1, 0.15) is 49.1 Å². The van der Waals surface area contributed by atoms with E-state index in [1.165, 1.54) is 4.90 Å². The van der Waals surface area contributed by atoms with Crippen molar-refractivity contribution >= 4 is 29.1 Å². The van der Waals surface area contributed by atoms with E-state index in [1.54, 1.807) is 74.8 Å². The first-order valence-corrected chi connectivity index (χ1v) is 11.9. The van der Waals surface area contributed by atoms with Crippen LogP contribution in [0.3, 0.4) is 0 Å². The van der Waals surface area contributed by atoms with Gasteiger partial charge in [0.25, 0.3) is 11.7 Å². The number of aromatic nitrogens is 1. The zero-order valence-corrected chi connectivity index (χ0v) is 20.5. The van der Waals surface area contributed by atoms with E-state index in [-0.39, 0.29) is 29.8 Å². The van der Waals surface area contributed by atoms with Gasteiger partial charge in [-0.1, -0.05) is 49.4 Å². The third kappa shape index (κ3) is 5.05. The summed E-state index contributed by atoms with van der Waals surface area (Å²) in [7, 11) is 0. The number of rotatable bonds is 7. The largest absolute Gasteiger partial charge is 0.507 e. The number of nitrogens with zero attached hydrogens (tertiary/aromatic N) is 2. The zero-order valence-electron chi connectivity index (χ0n) is 20.5. The maximum atomic E-state index is 13.3. The zero-order chi connectivity index (χ0) is 25.8. The van der Waals surface area contributed by atoms with Crippen molar-refractivity contribution in [3.63, 3.8) is 0 Å². The van der Waals surface area contributed by atoms with Crippen molar-refractivity contribution in [3.05, 3.63) is 101 Å². The standard InChI is InChI=1S/C29H28N2O5/c1-4-19-7-11-21(12-8-19)27(33)25-26(22-6-5-15-30-17-22)31(29(35)28(25)34)23-13-9-20(10-14-23)16-24(32)36-18(2)3/h5-15,17-18,26,33H,4,16H2,1-3H3/b27-25-. The van der Waals surface area contributed by atoms with E-state index in [1.807, 2.05) is 19.1 Å². The Morgan fingerprint density at radius 2 is 1.69 bits per heavy atom. The highest BCUT2D eigenvalue weighted by Crippen LogP contribution is 2.42. The molecule has 2 aromatic carbocycles. The molecule has 7 heteroatoms. The molecule has 184 valence electrons.